The van der Waals surface area contributed by atoms with Crippen LogP contribution >= 0.6 is 0 Å². The van der Waals surface area contributed by atoms with Crippen molar-refractivity contribution in [3.63, 3.8) is 0 Å². The summed E-state index contributed by atoms with van der Waals surface area (Å²) in [6.07, 6.45) is 0.0608. The van der Waals surface area contributed by atoms with Crippen LogP contribution in [0.2, 0.25) is 0 Å². The Hall–Kier alpha value is -1.90. The van der Waals surface area contributed by atoms with E-state index in [1.165, 1.54) is 0 Å². The van der Waals surface area contributed by atoms with Gasteiger partial charge in [-0.3, -0.25) is 4.79 Å². The van der Waals surface area contributed by atoms with Gasteiger partial charge in [0.1, 0.15) is 5.92 Å². The summed E-state index contributed by atoms with van der Waals surface area (Å²) in [4.78, 5) is 16.3. The van der Waals surface area contributed by atoms with E-state index in [-0.39, 0.29) is 11.9 Å². The lowest BCUT2D eigenvalue weighted by Crippen LogP contribution is -2.43. The molecule has 0 saturated carbocycles. The molecule has 3 atom stereocenters. The zero-order chi connectivity index (χ0) is 15.4. The topological polar surface area (TPSA) is 67.6 Å². The molecule has 1 saturated heterocycles. The molecule has 0 spiro atoms. The second-order valence-electron chi connectivity index (χ2n) is 5.77. The van der Waals surface area contributed by atoms with Crippen molar-refractivity contribution >= 4 is 5.91 Å². The smallest absolute Gasteiger partial charge is 0.244 e. The first-order valence-electron chi connectivity index (χ1n) is 7.10. The van der Waals surface area contributed by atoms with E-state index in [0.717, 1.165) is 0 Å². The molecule has 1 fully saturated rings. The number of likely N-dealkylation sites (tertiary alicyclic amines) is 1. The summed E-state index contributed by atoms with van der Waals surface area (Å²) in [6.45, 7) is 0.998. The maximum Gasteiger partial charge on any atom is 0.244 e. The van der Waals surface area contributed by atoms with Gasteiger partial charge in [0.15, 0.2) is 0 Å². The molecule has 1 aromatic rings. The average Bonchev–Trinajstić information content (AvgIpc) is 2.80. The van der Waals surface area contributed by atoms with Gasteiger partial charge < -0.3 is 14.9 Å². The number of β-amino-alcohol motifs (C(OH)–C–C–N with tert-alkyl or cyclic N) is 1. The molecule has 1 N–H and O–H groups in total. The Morgan fingerprint density at radius 3 is 2.71 bits per heavy atom. The van der Waals surface area contributed by atoms with Gasteiger partial charge in [-0.1, -0.05) is 30.3 Å². The third-order valence-electron chi connectivity index (χ3n) is 3.76. The van der Waals surface area contributed by atoms with E-state index in [1.54, 1.807) is 17.0 Å². The van der Waals surface area contributed by atoms with Crippen molar-refractivity contribution in [3.05, 3.63) is 35.9 Å². The molecular formula is C16H21N3O2. The van der Waals surface area contributed by atoms with E-state index in [0.29, 0.717) is 25.1 Å². The maximum atomic E-state index is 12.7. The highest BCUT2D eigenvalue weighted by Crippen LogP contribution is 2.25. The Morgan fingerprint density at radius 1 is 1.48 bits per heavy atom. The van der Waals surface area contributed by atoms with Crippen LogP contribution in [-0.2, 0) is 4.79 Å². The summed E-state index contributed by atoms with van der Waals surface area (Å²) in [5.74, 6) is -1.02. The van der Waals surface area contributed by atoms with Gasteiger partial charge in [0.25, 0.3) is 0 Å². The highest BCUT2D eigenvalue weighted by Gasteiger charge is 2.37. The second-order valence-corrected chi connectivity index (χ2v) is 5.77. The lowest BCUT2D eigenvalue weighted by atomic mass is 9.99. The largest absolute Gasteiger partial charge is 0.391 e. The molecule has 1 aliphatic rings. The Bertz CT molecular complexity index is 524. The standard InChI is InChI=1S/C16H21N3O2/c1-18(2)10-13-8-14(20)11-19(13)16(21)15(9-17)12-6-4-3-5-7-12/h3-7,13-15,20H,8,10-11H2,1-2H3. The van der Waals surface area contributed by atoms with Gasteiger partial charge in [0.2, 0.25) is 5.91 Å². The number of carbonyl (C=O) groups excluding carboxylic acids is 1. The summed E-state index contributed by atoms with van der Waals surface area (Å²) in [7, 11) is 3.87. The molecule has 0 radical (unpaired) electrons. The van der Waals surface area contributed by atoms with Gasteiger partial charge in [0, 0.05) is 19.1 Å². The van der Waals surface area contributed by atoms with Crippen molar-refractivity contribution in [2.75, 3.05) is 27.2 Å². The Morgan fingerprint density at radius 2 is 2.14 bits per heavy atom. The molecule has 5 nitrogen and oxygen atoms in total. The normalized spacial score (nSPS) is 23.1. The molecule has 3 unspecified atom stereocenters. The molecular weight excluding hydrogens is 266 g/mol. The zero-order valence-electron chi connectivity index (χ0n) is 12.4. The van der Waals surface area contributed by atoms with Crippen LogP contribution in [0.5, 0.6) is 0 Å². The van der Waals surface area contributed by atoms with E-state index < -0.39 is 12.0 Å². The number of aliphatic hydroxyl groups excluding tert-OH is 1. The van der Waals surface area contributed by atoms with Crippen molar-refractivity contribution < 1.29 is 9.90 Å². The number of aliphatic hydroxyl groups is 1. The first kappa shape index (κ1) is 15.5. The summed E-state index contributed by atoms with van der Waals surface area (Å²) in [5, 5.41) is 19.2. The minimum Gasteiger partial charge on any atom is -0.391 e. The number of hydrogen-bond donors (Lipinski definition) is 1. The van der Waals surface area contributed by atoms with E-state index in [2.05, 4.69) is 6.07 Å². The summed E-state index contributed by atoms with van der Waals surface area (Å²) < 4.78 is 0. The van der Waals surface area contributed by atoms with Crippen molar-refractivity contribution in [1.29, 1.82) is 5.26 Å². The van der Waals surface area contributed by atoms with Crippen LogP contribution in [0.1, 0.15) is 17.9 Å². The van der Waals surface area contributed by atoms with E-state index >= 15 is 0 Å². The van der Waals surface area contributed by atoms with Crippen molar-refractivity contribution in [2.24, 2.45) is 0 Å². The van der Waals surface area contributed by atoms with Gasteiger partial charge in [-0.25, -0.2) is 0 Å². The monoisotopic (exact) mass is 287 g/mol. The number of nitriles is 1. The fourth-order valence-corrected chi connectivity index (χ4v) is 2.84. The van der Waals surface area contributed by atoms with E-state index in [1.807, 2.05) is 37.2 Å². The van der Waals surface area contributed by atoms with Gasteiger partial charge in [-0.05, 0) is 26.1 Å². The number of nitrogens with zero attached hydrogens (tertiary/aromatic N) is 3. The molecule has 21 heavy (non-hydrogen) atoms. The lowest BCUT2D eigenvalue weighted by molar-refractivity contribution is -0.132. The molecule has 1 heterocycles. The quantitative estimate of drug-likeness (QED) is 0.890. The maximum absolute atomic E-state index is 12.7. The summed E-state index contributed by atoms with van der Waals surface area (Å²) in [6, 6.07) is 11.1. The summed E-state index contributed by atoms with van der Waals surface area (Å²) in [5.41, 5.74) is 0.704. The fraction of sp³-hybridized carbons (Fsp3) is 0.500. The fourth-order valence-electron chi connectivity index (χ4n) is 2.84. The third kappa shape index (κ3) is 3.60. The second kappa shape index (κ2) is 6.70. The number of rotatable bonds is 4. The first-order chi connectivity index (χ1) is 10.0. The number of likely N-dealkylation sites (N-methyl/N-ethyl adjacent to an activating group) is 1. The molecule has 2 rings (SSSR count). The number of carbonyl (C=O) groups is 1. The molecule has 112 valence electrons. The van der Waals surface area contributed by atoms with E-state index in [4.69, 9.17) is 0 Å². The molecule has 0 aromatic heterocycles. The van der Waals surface area contributed by atoms with Gasteiger partial charge in [-0.15, -0.1) is 0 Å². The van der Waals surface area contributed by atoms with Crippen molar-refractivity contribution in [1.82, 2.24) is 9.80 Å². The third-order valence-corrected chi connectivity index (χ3v) is 3.76. The van der Waals surface area contributed by atoms with Crippen molar-refractivity contribution in [2.45, 2.75) is 24.5 Å². The predicted molar refractivity (Wildman–Crippen MR) is 79.5 cm³/mol. The highest BCUT2D eigenvalue weighted by atomic mass is 16.3. The predicted octanol–water partition coefficient (Wildman–Crippen LogP) is 0.817. The molecule has 5 heteroatoms. The minimum atomic E-state index is -0.804. The average molecular weight is 287 g/mol. The lowest BCUT2D eigenvalue weighted by Gasteiger charge is -2.28. The molecule has 1 aromatic carbocycles. The van der Waals surface area contributed by atoms with Crippen LogP contribution in [0.25, 0.3) is 0 Å². The van der Waals surface area contributed by atoms with Gasteiger partial charge in [0.05, 0.1) is 12.2 Å². The number of amides is 1. The Kier molecular flexibility index (Phi) is 4.94. The molecule has 1 amide bonds. The van der Waals surface area contributed by atoms with E-state index in [9.17, 15) is 15.2 Å². The Labute approximate surface area is 125 Å². The van der Waals surface area contributed by atoms with Gasteiger partial charge >= 0.3 is 0 Å². The van der Waals surface area contributed by atoms with Crippen LogP contribution in [0.3, 0.4) is 0 Å². The SMILES string of the molecule is CN(C)CC1CC(O)CN1C(=O)C(C#N)c1ccccc1. The van der Waals surface area contributed by atoms with Gasteiger partial charge in [-0.2, -0.15) is 5.26 Å². The van der Waals surface area contributed by atoms with Crippen LogP contribution in [0, 0.1) is 11.3 Å². The zero-order valence-corrected chi connectivity index (χ0v) is 12.4. The molecule has 1 aliphatic heterocycles. The number of benzene rings is 1. The molecule has 0 bridgehead atoms. The number of hydrogen-bond acceptors (Lipinski definition) is 4. The van der Waals surface area contributed by atoms with Crippen LogP contribution in [0.4, 0.5) is 0 Å². The van der Waals surface area contributed by atoms with Crippen molar-refractivity contribution in [3.8, 4) is 6.07 Å². The Balaban J connectivity index is 2.19. The van der Waals surface area contributed by atoms with Crippen LogP contribution in [-0.4, -0.2) is 60.1 Å². The minimum absolute atomic E-state index is 0.0398. The van der Waals surface area contributed by atoms with Crippen LogP contribution < -0.4 is 0 Å². The molecule has 0 aliphatic carbocycles. The van der Waals surface area contributed by atoms with Crippen LogP contribution in [0.15, 0.2) is 30.3 Å². The highest BCUT2D eigenvalue weighted by molar-refractivity contribution is 5.87. The first-order valence-corrected chi connectivity index (χ1v) is 7.10. The summed E-state index contributed by atoms with van der Waals surface area (Å²) >= 11 is 0.